The molecule has 7 rings (SSSR count). The molecule has 7 aromatic rings. The van der Waals surface area contributed by atoms with Crippen LogP contribution in [0.1, 0.15) is 80.1 Å². The van der Waals surface area contributed by atoms with Crippen LogP contribution in [0.15, 0.2) is 152 Å². The van der Waals surface area contributed by atoms with Gasteiger partial charge in [0.05, 0.1) is 5.56 Å². The quantitative estimate of drug-likeness (QED) is 0.110. The van der Waals surface area contributed by atoms with E-state index in [9.17, 15) is 4.79 Å². The number of carbonyl (C=O) groups excluding carboxylic acids is 1. The van der Waals surface area contributed by atoms with E-state index in [1.54, 1.807) is 0 Å². The molecular weight excluding hydrogens is 659 g/mol. The van der Waals surface area contributed by atoms with Crippen LogP contribution in [0.3, 0.4) is 0 Å². The van der Waals surface area contributed by atoms with Gasteiger partial charge >= 0.3 is 5.97 Å². The average molecular weight is 708 g/mol. The van der Waals surface area contributed by atoms with Crippen LogP contribution in [0, 0.1) is 6.92 Å². The van der Waals surface area contributed by atoms with Gasteiger partial charge in [-0.25, -0.2) is 4.79 Å². The van der Waals surface area contributed by atoms with Crippen LogP contribution in [0.25, 0.3) is 33.0 Å². The fraction of sp³-hybridized carbons (Fsp3) is 0.196. The third-order valence-electron chi connectivity index (χ3n) is 10.4. The van der Waals surface area contributed by atoms with Gasteiger partial charge in [-0.1, -0.05) is 138 Å². The minimum Gasteiger partial charge on any atom is -0.423 e. The van der Waals surface area contributed by atoms with Crippen LogP contribution in [-0.2, 0) is 11.8 Å². The molecule has 3 nitrogen and oxygen atoms in total. The normalized spacial score (nSPS) is 11.6. The first kappa shape index (κ1) is 36.4. The number of hydrogen-bond donors (Lipinski definition) is 0. The predicted octanol–water partition coefficient (Wildman–Crippen LogP) is 14.2. The molecule has 0 aliphatic rings. The van der Waals surface area contributed by atoms with Gasteiger partial charge in [0.1, 0.15) is 5.75 Å². The van der Waals surface area contributed by atoms with Crippen molar-refractivity contribution in [1.29, 1.82) is 0 Å². The molecule has 270 valence electrons. The summed E-state index contributed by atoms with van der Waals surface area (Å²) in [6.45, 7) is 15.5. The van der Waals surface area contributed by atoms with Crippen molar-refractivity contribution in [3.8, 4) is 28.0 Å². The Hall–Kier alpha value is -5.93. The highest BCUT2D eigenvalue weighted by atomic mass is 16.5. The Morgan fingerprint density at radius 3 is 1.78 bits per heavy atom. The Bertz CT molecular complexity index is 2400. The summed E-state index contributed by atoms with van der Waals surface area (Å²) in [6.07, 6.45) is 0.959. The van der Waals surface area contributed by atoms with E-state index in [-0.39, 0.29) is 11.4 Å². The van der Waals surface area contributed by atoms with Crippen molar-refractivity contribution in [1.82, 2.24) is 0 Å². The van der Waals surface area contributed by atoms with Crippen LogP contribution in [0.2, 0.25) is 0 Å². The van der Waals surface area contributed by atoms with E-state index < -0.39 is 0 Å². The number of fused-ring (bicyclic) bond motifs is 1. The first-order valence-corrected chi connectivity index (χ1v) is 19.0. The fourth-order valence-corrected chi connectivity index (χ4v) is 7.05. The first-order chi connectivity index (χ1) is 26.0. The largest absolute Gasteiger partial charge is 0.423 e. The van der Waals surface area contributed by atoms with Gasteiger partial charge in [-0.15, -0.1) is 0 Å². The number of carbonyl (C=O) groups is 1. The molecule has 0 fully saturated rings. The maximum absolute atomic E-state index is 13.2. The Morgan fingerprint density at radius 1 is 0.611 bits per heavy atom. The molecule has 0 atom stereocenters. The number of ether oxygens (including phenoxy) is 1. The summed E-state index contributed by atoms with van der Waals surface area (Å²) in [4.78, 5) is 15.5. The summed E-state index contributed by atoms with van der Waals surface area (Å²) in [5.74, 6) is 0.610. The van der Waals surface area contributed by atoms with E-state index in [1.807, 2.05) is 48.5 Å². The van der Waals surface area contributed by atoms with Crippen LogP contribution >= 0.6 is 0 Å². The molecule has 0 bridgehead atoms. The van der Waals surface area contributed by atoms with E-state index in [0.717, 1.165) is 40.2 Å². The molecular formula is C51H49NO2. The molecule has 0 saturated carbocycles. The van der Waals surface area contributed by atoms with Gasteiger partial charge in [-0.2, -0.15) is 0 Å². The third-order valence-corrected chi connectivity index (χ3v) is 10.4. The molecule has 0 radical (unpaired) electrons. The Balaban J connectivity index is 1.09. The first-order valence-electron chi connectivity index (χ1n) is 19.0. The summed E-state index contributed by atoms with van der Waals surface area (Å²) < 4.78 is 5.80. The molecule has 0 aromatic heterocycles. The molecule has 0 aliphatic carbocycles. The molecule has 7 aromatic carbocycles. The zero-order valence-corrected chi connectivity index (χ0v) is 32.5. The van der Waals surface area contributed by atoms with Crippen molar-refractivity contribution in [2.24, 2.45) is 0 Å². The van der Waals surface area contributed by atoms with Gasteiger partial charge in [-0.3, -0.25) is 0 Å². The van der Waals surface area contributed by atoms with Gasteiger partial charge in [0.15, 0.2) is 0 Å². The van der Waals surface area contributed by atoms with Gasteiger partial charge in [0.2, 0.25) is 0 Å². The van der Waals surface area contributed by atoms with Crippen molar-refractivity contribution in [2.45, 2.75) is 66.2 Å². The van der Waals surface area contributed by atoms with Crippen LogP contribution in [0.4, 0.5) is 17.1 Å². The minimum atomic E-state index is -0.376. The van der Waals surface area contributed by atoms with Crippen LogP contribution in [0.5, 0.6) is 5.75 Å². The Labute approximate surface area is 320 Å². The van der Waals surface area contributed by atoms with Crippen molar-refractivity contribution in [3.63, 3.8) is 0 Å². The fourth-order valence-electron chi connectivity index (χ4n) is 7.05. The number of hydrogen-bond acceptors (Lipinski definition) is 3. The van der Waals surface area contributed by atoms with Crippen molar-refractivity contribution in [2.75, 3.05) is 4.90 Å². The molecule has 0 heterocycles. The topological polar surface area (TPSA) is 29.5 Å². The van der Waals surface area contributed by atoms with E-state index >= 15 is 0 Å². The van der Waals surface area contributed by atoms with Crippen LogP contribution in [-0.4, -0.2) is 5.97 Å². The highest BCUT2D eigenvalue weighted by Gasteiger charge is 2.18. The van der Waals surface area contributed by atoms with E-state index in [4.69, 9.17) is 4.74 Å². The number of rotatable bonds is 9. The highest BCUT2D eigenvalue weighted by molar-refractivity contribution is 5.92. The molecule has 0 amide bonds. The molecule has 3 heteroatoms. The minimum absolute atomic E-state index is 0.0726. The third kappa shape index (κ3) is 7.87. The number of nitrogens with zero attached hydrogens (tertiary/aromatic N) is 1. The lowest BCUT2D eigenvalue weighted by Gasteiger charge is -2.27. The van der Waals surface area contributed by atoms with Gasteiger partial charge in [0.25, 0.3) is 0 Å². The van der Waals surface area contributed by atoms with Gasteiger partial charge in [0, 0.05) is 17.1 Å². The molecule has 0 aliphatic heterocycles. The number of benzene rings is 7. The summed E-state index contributed by atoms with van der Waals surface area (Å²) in [6, 6.07) is 53.0. The summed E-state index contributed by atoms with van der Waals surface area (Å²) >= 11 is 0. The average Bonchev–Trinajstić information content (AvgIpc) is 3.18. The van der Waals surface area contributed by atoms with Crippen molar-refractivity contribution >= 4 is 33.8 Å². The van der Waals surface area contributed by atoms with E-state index in [1.165, 1.54) is 38.6 Å². The monoisotopic (exact) mass is 707 g/mol. The smallest absolute Gasteiger partial charge is 0.343 e. The van der Waals surface area contributed by atoms with Gasteiger partial charge in [-0.05, 0) is 135 Å². The number of aryl methyl sites for hydroxylation is 2. The van der Waals surface area contributed by atoms with Crippen molar-refractivity contribution < 1.29 is 9.53 Å². The lowest BCUT2D eigenvalue weighted by Crippen LogP contribution is -2.13. The number of anilines is 3. The van der Waals surface area contributed by atoms with Crippen molar-refractivity contribution in [3.05, 3.63) is 179 Å². The summed E-state index contributed by atoms with van der Waals surface area (Å²) in [5, 5.41) is 2.44. The highest BCUT2D eigenvalue weighted by Crippen LogP contribution is 2.38. The maximum atomic E-state index is 13.2. The predicted molar refractivity (Wildman–Crippen MR) is 228 cm³/mol. The lowest BCUT2D eigenvalue weighted by atomic mass is 9.87. The zero-order valence-electron chi connectivity index (χ0n) is 32.5. The maximum Gasteiger partial charge on any atom is 0.343 e. The van der Waals surface area contributed by atoms with Crippen LogP contribution < -0.4 is 9.64 Å². The second-order valence-corrected chi connectivity index (χ2v) is 15.6. The number of esters is 1. The summed E-state index contributed by atoms with van der Waals surface area (Å²) in [5.41, 5.74) is 13.5. The van der Waals surface area contributed by atoms with Gasteiger partial charge < -0.3 is 9.64 Å². The molecule has 0 spiro atoms. The lowest BCUT2D eigenvalue weighted by molar-refractivity contribution is 0.0735. The standard InChI is InChI=1S/C51H49NO2/c1-8-36-11-16-41(34(2)3)33-49(36)39-20-29-48(30-21-39)54-50(53)40-14-12-37(13-15-40)38-17-24-45(25-18-38)52(46-27-22-44(23-28-46)51(5,6)7)47-26-19-42-31-35(4)9-10-43(42)32-47/h9-34H,8H2,1-7H3. The van der Waals surface area contributed by atoms with E-state index in [0.29, 0.717) is 17.2 Å². The summed E-state index contributed by atoms with van der Waals surface area (Å²) in [7, 11) is 0. The molecule has 0 N–H and O–H groups in total. The Morgan fingerprint density at radius 2 is 1.17 bits per heavy atom. The molecule has 54 heavy (non-hydrogen) atoms. The Kier molecular flexibility index (Phi) is 10.3. The molecule has 0 saturated heterocycles. The van der Waals surface area contributed by atoms with E-state index in [2.05, 4.69) is 156 Å². The molecule has 0 unspecified atom stereocenters. The second kappa shape index (κ2) is 15.2. The SMILES string of the molecule is CCc1ccc(C(C)C)cc1-c1ccc(OC(=O)c2ccc(-c3ccc(N(c4ccc(C(C)(C)C)cc4)c4ccc5cc(C)ccc5c4)cc3)cc2)cc1. The zero-order chi connectivity index (χ0) is 38.0. The second-order valence-electron chi connectivity index (χ2n) is 15.6.